The van der Waals surface area contributed by atoms with Crippen molar-refractivity contribution in [3.63, 3.8) is 0 Å². The summed E-state index contributed by atoms with van der Waals surface area (Å²) in [5, 5.41) is 18.6. The molecule has 0 fully saturated rings. The minimum atomic E-state index is -0.429. The Morgan fingerprint density at radius 2 is 1.91 bits per heavy atom. The number of aryl methyl sites for hydroxylation is 1. The first-order valence-electron chi connectivity index (χ1n) is 7.05. The number of benzene rings is 1. The molecular weight excluding hydrogens is 294 g/mol. The van der Waals surface area contributed by atoms with Crippen LogP contribution >= 0.6 is 0 Å². The van der Waals surface area contributed by atoms with Gasteiger partial charge in [0.05, 0.1) is 28.2 Å². The van der Waals surface area contributed by atoms with Gasteiger partial charge in [0, 0.05) is 11.8 Å². The lowest BCUT2D eigenvalue weighted by Crippen LogP contribution is -2.03. The Morgan fingerprint density at radius 3 is 2.61 bits per heavy atom. The molecular formula is C16H15N5O2. The second-order valence-corrected chi connectivity index (χ2v) is 5.10. The number of nitrogens with one attached hydrogen (secondary N) is 1. The smallest absolute Gasteiger partial charge is 0.314 e. The number of anilines is 2. The zero-order chi connectivity index (χ0) is 16.4. The summed E-state index contributed by atoms with van der Waals surface area (Å²) >= 11 is 0. The van der Waals surface area contributed by atoms with E-state index in [1.165, 1.54) is 0 Å². The van der Waals surface area contributed by atoms with Crippen molar-refractivity contribution in [3.05, 3.63) is 70.2 Å². The molecule has 0 saturated carbocycles. The quantitative estimate of drug-likeness (QED) is 0.588. The first-order chi connectivity index (χ1) is 11.1. The van der Waals surface area contributed by atoms with Crippen molar-refractivity contribution in [2.45, 2.75) is 13.8 Å². The van der Waals surface area contributed by atoms with Gasteiger partial charge in [0.1, 0.15) is 0 Å². The third-order valence-electron chi connectivity index (χ3n) is 3.57. The van der Waals surface area contributed by atoms with E-state index < -0.39 is 4.92 Å². The summed E-state index contributed by atoms with van der Waals surface area (Å²) in [5.41, 5.74) is 2.97. The Kier molecular flexibility index (Phi) is 3.76. The fourth-order valence-electron chi connectivity index (χ4n) is 2.36. The van der Waals surface area contributed by atoms with Crippen LogP contribution in [0.2, 0.25) is 0 Å². The minimum Gasteiger partial charge on any atom is -0.332 e. The molecule has 0 aliphatic heterocycles. The van der Waals surface area contributed by atoms with Gasteiger partial charge in [0.2, 0.25) is 5.82 Å². The van der Waals surface area contributed by atoms with Crippen LogP contribution in [-0.4, -0.2) is 19.7 Å². The summed E-state index contributed by atoms with van der Waals surface area (Å²) < 4.78 is 1.77. The highest BCUT2D eigenvalue weighted by atomic mass is 16.6. The van der Waals surface area contributed by atoms with Crippen LogP contribution in [0.15, 0.2) is 48.8 Å². The summed E-state index contributed by atoms with van der Waals surface area (Å²) in [7, 11) is 0. The molecule has 3 aromatic rings. The van der Waals surface area contributed by atoms with E-state index in [4.69, 9.17) is 0 Å². The molecule has 0 unspecified atom stereocenters. The Balaban J connectivity index is 1.99. The monoisotopic (exact) mass is 309 g/mol. The standard InChI is InChI=1S/C16H15N5O2/c1-11-8-9-17-16(15(11)21(22)23)19-14-10-18-20(12(14)2)13-6-4-3-5-7-13/h3-10H,1-2H3,(H,17,19). The molecule has 1 N–H and O–H groups in total. The third-order valence-corrected chi connectivity index (χ3v) is 3.57. The van der Waals surface area contributed by atoms with Crippen molar-refractivity contribution in [3.8, 4) is 5.69 Å². The number of pyridine rings is 1. The molecule has 0 spiro atoms. The van der Waals surface area contributed by atoms with E-state index in [0.29, 0.717) is 11.3 Å². The van der Waals surface area contributed by atoms with Crippen molar-refractivity contribution >= 4 is 17.2 Å². The zero-order valence-corrected chi connectivity index (χ0v) is 12.7. The van der Waals surface area contributed by atoms with Crippen LogP contribution in [0.25, 0.3) is 5.69 Å². The Labute approximate surface area is 132 Å². The van der Waals surface area contributed by atoms with Crippen molar-refractivity contribution in [2.24, 2.45) is 0 Å². The van der Waals surface area contributed by atoms with Crippen molar-refractivity contribution in [2.75, 3.05) is 5.32 Å². The number of para-hydroxylation sites is 1. The molecule has 7 heteroatoms. The van der Waals surface area contributed by atoms with Gasteiger partial charge in [-0.25, -0.2) is 9.67 Å². The van der Waals surface area contributed by atoms with Crippen LogP contribution in [0, 0.1) is 24.0 Å². The van der Waals surface area contributed by atoms with Gasteiger partial charge in [-0.15, -0.1) is 0 Å². The molecule has 23 heavy (non-hydrogen) atoms. The lowest BCUT2D eigenvalue weighted by atomic mass is 10.2. The molecule has 0 aliphatic rings. The number of hydrogen-bond donors (Lipinski definition) is 1. The first-order valence-corrected chi connectivity index (χ1v) is 7.05. The lowest BCUT2D eigenvalue weighted by Gasteiger charge is -2.08. The van der Waals surface area contributed by atoms with Crippen LogP contribution in [0.1, 0.15) is 11.3 Å². The van der Waals surface area contributed by atoms with E-state index in [1.807, 2.05) is 37.3 Å². The number of rotatable bonds is 4. The van der Waals surface area contributed by atoms with Crippen LogP contribution < -0.4 is 5.32 Å². The Bertz CT molecular complexity index is 858. The number of aromatic nitrogens is 3. The molecule has 7 nitrogen and oxygen atoms in total. The van der Waals surface area contributed by atoms with Crippen molar-refractivity contribution in [1.29, 1.82) is 0 Å². The highest BCUT2D eigenvalue weighted by molar-refractivity contribution is 5.68. The number of hydrogen-bond acceptors (Lipinski definition) is 5. The van der Waals surface area contributed by atoms with Crippen LogP contribution in [0.3, 0.4) is 0 Å². The van der Waals surface area contributed by atoms with Gasteiger partial charge >= 0.3 is 5.69 Å². The van der Waals surface area contributed by atoms with E-state index >= 15 is 0 Å². The largest absolute Gasteiger partial charge is 0.332 e. The fourth-order valence-corrected chi connectivity index (χ4v) is 2.36. The van der Waals surface area contributed by atoms with Crippen molar-refractivity contribution < 1.29 is 4.92 Å². The lowest BCUT2D eigenvalue weighted by molar-refractivity contribution is -0.384. The van der Waals surface area contributed by atoms with Gasteiger partial charge in [-0.3, -0.25) is 10.1 Å². The van der Waals surface area contributed by atoms with E-state index in [0.717, 1.165) is 11.4 Å². The first kappa shape index (κ1) is 14.7. The molecule has 2 heterocycles. The van der Waals surface area contributed by atoms with E-state index in [9.17, 15) is 10.1 Å². The SMILES string of the molecule is Cc1ccnc(Nc2cnn(-c3ccccc3)c2C)c1[N+](=O)[O-]. The fraction of sp³-hybridized carbons (Fsp3) is 0.125. The van der Waals surface area contributed by atoms with E-state index in [2.05, 4.69) is 15.4 Å². The summed E-state index contributed by atoms with van der Waals surface area (Å²) in [4.78, 5) is 14.9. The van der Waals surface area contributed by atoms with Crippen LogP contribution in [-0.2, 0) is 0 Å². The molecule has 0 radical (unpaired) electrons. The summed E-state index contributed by atoms with van der Waals surface area (Å²) in [6.07, 6.45) is 3.18. The maximum Gasteiger partial charge on any atom is 0.314 e. The van der Waals surface area contributed by atoms with Gasteiger partial charge in [-0.2, -0.15) is 5.10 Å². The van der Waals surface area contributed by atoms with Gasteiger partial charge in [0.25, 0.3) is 0 Å². The topological polar surface area (TPSA) is 85.9 Å². The molecule has 2 aromatic heterocycles. The van der Waals surface area contributed by atoms with Crippen molar-refractivity contribution in [1.82, 2.24) is 14.8 Å². The molecule has 0 saturated heterocycles. The number of nitrogens with zero attached hydrogens (tertiary/aromatic N) is 4. The molecule has 3 rings (SSSR count). The minimum absolute atomic E-state index is 0.0284. The Hall–Kier alpha value is -3.22. The molecule has 0 atom stereocenters. The summed E-state index contributed by atoms with van der Waals surface area (Å²) in [6.45, 7) is 3.58. The highest BCUT2D eigenvalue weighted by Crippen LogP contribution is 2.29. The third kappa shape index (κ3) is 2.76. The molecule has 116 valence electrons. The second-order valence-electron chi connectivity index (χ2n) is 5.10. The number of nitro groups is 1. The van der Waals surface area contributed by atoms with Gasteiger partial charge in [-0.1, -0.05) is 18.2 Å². The highest BCUT2D eigenvalue weighted by Gasteiger charge is 2.20. The molecule has 0 amide bonds. The summed E-state index contributed by atoms with van der Waals surface area (Å²) in [5.74, 6) is 0.214. The van der Waals surface area contributed by atoms with Gasteiger partial charge in [-0.05, 0) is 32.0 Å². The summed E-state index contributed by atoms with van der Waals surface area (Å²) in [6, 6.07) is 11.3. The van der Waals surface area contributed by atoms with E-state index in [-0.39, 0.29) is 11.5 Å². The predicted octanol–water partition coefficient (Wildman–Crippen LogP) is 3.54. The maximum absolute atomic E-state index is 11.2. The average molecular weight is 309 g/mol. The molecule has 0 aliphatic carbocycles. The van der Waals surface area contributed by atoms with E-state index in [1.54, 1.807) is 30.1 Å². The molecule has 1 aromatic carbocycles. The van der Waals surface area contributed by atoms with Gasteiger partial charge in [0.15, 0.2) is 0 Å². The molecule has 0 bridgehead atoms. The predicted molar refractivity (Wildman–Crippen MR) is 87.2 cm³/mol. The van der Waals surface area contributed by atoms with Gasteiger partial charge < -0.3 is 5.32 Å². The zero-order valence-electron chi connectivity index (χ0n) is 12.7. The van der Waals surface area contributed by atoms with Crippen LogP contribution in [0.4, 0.5) is 17.2 Å². The normalized spacial score (nSPS) is 10.5. The second kappa shape index (κ2) is 5.88. The maximum atomic E-state index is 11.2. The Morgan fingerprint density at radius 1 is 1.17 bits per heavy atom. The van der Waals surface area contributed by atoms with Crippen LogP contribution in [0.5, 0.6) is 0 Å². The average Bonchev–Trinajstić information content (AvgIpc) is 2.89.